The van der Waals surface area contributed by atoms with Crippen molar-refractivity contribution in [2.75, 3.05) is 17.6 Å². The molecule has 1 amide bonds. The Morgan fingerprint density at radius 2 is 1.59 bits per heavy atom. The maximum atomic E-state index is 13.5. The number of carbonyl (C=O) groups excluding carboxylic acids is 2. The van der Waals surface area contributed by atoms with Crippen LogP contribution in [0.3, 0.4) is 0 Å². The predicted octanol–water partition coefficient (Wildman–Crippen LogP) is 3.85. The number of anilines is 1. The van der Waals surface area contributed by atoms with Crippen molar-refractivity contribution in [3.63, 3.8) is 0 Å². The molecule has 0 aliphatic carbocycles. The van der Waals surface area contributed by atoms with E-state index in [1.165, 1.54) is 19.2 Å². The summed E-state index contributed by atoms with van der Waals surface area (Å²) in [5.41, 5.74) is 2.90. The number of aliphatic imine (C=N–C) groups is 1. The number of ether oxygens (including phenoxy) is 1. The second-order valence-electron chi connectivity index (χ2n) is 9.01. The molecule has 3 aromatic rings. The fourth-order valence-corrected chi connectivity index (χ4v) is 5.84. The van der Waals surface area contributed by atoms with Crippen LogP contribution >= 0.6 is 11.8 Å². The van der Waals surface area contributed by atoms with Crippen molar-refractivity contribution in [3.05, 3.63) is 102 Å². The molecule has 4 rings (SSSR count). The maximum Gasteiger partial charge on any atom is 0.357 e. The fourth-order valence-electron chi connectivity index (χ4n) is 4.27. The minimum absolute atomic E-state index is 0.0624. The van der Waals surface area contributed by atoms with Gasteiger partial charge in [0.25, 0.3) is 0 Å². The number of hydrogen-bond acceptors (Lipinski definition) is 7. The Morgan fingerprint density at radius 1 is 0.974 bits per heavy atom. The number of hydrogen-bond donors (Lipinski definition) is 3. The molecule has 0 fully saturated rings. The summed E-state index contributed by atoms with van der Waals surface area (Å²) in [4.78, 5) is 31.0. The summed E-state index contributed by atoms with van der Waals surface area (Å²) in [6, 6.07) is 25.0. The van der Waals surface area contributed by atoms with Crippen LogP contribution in [0.1, 0.15) is 22.7 Å². The quantitative estimate of drug-likeness (QED) is 0.182. The zero-order valence-electron chi connectivity index (χ0n) is 21.2. The third kappa shape index (κ3) is 8.16. The van der Waals surface area contributed by atoms with E-state index in [0.29, 0.717) is 12.2 Å². The molecule has 39 heavy (non-hydrogen) atoms. The van der Waals surface area contributed by atoms with Crippen molar-refractivity contribution in [1.82, 2.24) is 5.32 Å². The zero-order chi connectivity index (χ0) is 27.8. The Morgan fingerprint density at radius 3 is 2.21 bits per heavy atom. The van der Waals surface area contributed by atoms with E-state index in [2.05, 4.69) is 5.32 Å². The number of nitrogens with one attached hydrogen (secondary N) is 2. The topological polar surface area (TPSA) is 134 Å². The molecular formula is C28H29N3O6S2. The first kappa shape index (κ1) is 28.3. The first-order chi connectivity index (χ1) is 18.7. The zero-order valence-corrected chi connectivity index (χ0v) is 22.8. The van der Waals surface area contributed by atoms with Gasteiger partial charge in [0.05, 0.1) is 29.9 Å². The van der Waals surface area contributed by atoms with Crippen LogP contribution in [0.5, 0.6) is 0 Å². The normalized spacial score (nSPS) is 16.6. The van der Waals surface area contributed by atoms with Crippen LogP contribution in [0.25, 0.3) is 0 Å². The van der Waals surface area contributed by atoms with Crippen LogP contribution in [-0.4, -0.2) is 48.8 Å². The van der Waals surface area contributed by atoms with Crippen LogP contribution in [0.4, 0.5) is 5.69 Å². The van der Waals surface area contributed by atoms with Crippen molar-refractivity contribution in [2.45, 2.75) is 24.9 Å². The van der Waals surface area contributed by atoms with Crippen LogP contribution in [0, 0.1) is 5.92 Å². The van der Waals surface area contributed by atoms with E-state index in [9.17, 15) is 18.0 Å². The van der Waals surface area contributed by atoms with Gasteiger partial charge in [0, 0.05) is 5.75 Å². The van der Waals surface area contributed by atoms with Gasteiger partial charge in [-0.2, -0.15) is 8.42 Å². The van der Waals surface area contributed by atoms with Crippen molar-refractivity contribution in [2.24, 2.45) is 10.9 Å². The Balaban J connectivity index is 1.58. The molecule has 204 valence electrons. The predicted molar refractivity (Wildman–Crippen MR) is 152 cm³/mol. The number of amides is 1. The van der Waals surface area contributed by atoms with Crippen LogP contribution in [0.2, 0.25) is 0 Å². The molecule has 1 aliphatic heterocycles. The smallest absolute Gasteiger partial charge is 0.357 e. The highest BCUT2D eigenvalue weighted by Crippen LogP contribution is 2.32. The third-order valence-electron chi connectivity index (χ3n) is 6.20. The van der Waals surface area contributed by atoms with E-state index in [1.54, 1.807) is 23.9 Å². The fraction of sp³-hybridized carbons (Fsp3) is 0.250. The van der Waals surface area contributed by atoms with Crippen molar-refractivity contribution >= 4 is 44.7 Å². The van der Waals surface area contributed by atoms with Gasteiger partial charge in [-0.05, 0) is 41.7 Å². The first-order valence-corrected chi connectivity index (χ1v) is 14.7. The maximum absolute atomic E-state index is 13.5. The minimum atomic E-state index is -4.39. The molecule has 9 nitrogen and oxygen atoms in total. The average molecular weight is 568 g/mol. The van der Waals surface area contributed by atoms with Crippen molar-refractivity contribution in [3.8, 4) is 0 Å². The molecule has 3 aromatic carbocycles. The lowest BCUT2D eigenvalue weighted by Crippen LogP contribution is -2.46. The number of rotatable bonds is 11. The Hall–Kier alpha value is -3.67. The van der Waals surface area contributed by atoms with E-state index in [4.69, 9.17) is 14.3 Å². The first-order valence-electron chi connectivity index (χ1n) is 12.2. The van der Waals surface area contributed by atoms with E-state index < -0.39 is 34.1 Å². The van der Waals surface area contributed by atoms with E-state index in [-0.39, 0.29) is 18.2 Å². The van der Waals surface area contributed by atoms with Crippen molar-refractivity contribution < 1.29 is 27.3 Å². The molecule has 3 atom stereocenters. The van der Waals surface area contributed by atoms with E-state index in [0.717, 1.165) is 21.7 Å². The number of thioether (sulfide) groups is 1. The summed E-state index contributed by atoms with van der Waals surface area (Å²) in [5.74, 6) is -1.42. The lowest BCUT2D eigenvalue weighted by molar-refractivity contribution is -0.150. The monoisotopic (exact) mass is 567 g/mol. The third-order valence-corrected chi connectivity index (χ3v) is 7.86. The Bertz CT molecular complexity index is 1410. The molecule has 1 aliphatic rings. The number of benzene rings is 3. The molecule has 11 heteroatoms. The highest BCUT2D eigenvalue weighted by molar-refractivity contribution is 8.14. The Labute approximate surface area is 232 Å². The number of methoxy groups -OCH3 is 1. The van der Waals surface area contributed by atoms with Gasteiger partial charge in [0.15, 0.2) is 0 Å². The number of nitrogens with zero attached hydrogens (tertiary/aromatic N) is 1. The molecule has 3 N–H and O–H groups in total. The molecule has 1 heterocycles. The van der Waals surface area contributed by atoms with Crippen LogP contribution in [0.15, 0.2) is 89.9 Å². The van der Waals surface area contributed by atoms with Gasteiger partial charge < -0.3 is 10.1 Å². The van der Waals surface area contributed by atoms with Gasteiger partial charge in [0.1, 0.15) is 5.92 Å². The van der Waals surface area contributed by atoms with Gasteiger partial charge in [-0.25, -0.2) is 0 Å². The van der Waals surface area contributed by atoms with E-state index in [1.807, 2.05) is 65.4 Å². The van der Waals surface area contributed by atoms with Gasteiger partial charge in [-0.3, -0.25) is 23.9 Å². The van der Waals surface area contributed by atoms with Crippen LogP contribution in [-0.2, 0) is 37.5 Å². The summed E-state index contributed by atoms with van der Waals surface area (Å²) in [6.07, 6.45) is 0.540. The van der Waals surface area contributed by atoms with Gasteiger partial charge in [0.2, 0.25) is 5.91 Å². The summed E-state index contributed by atoms with van der Waals surface area (Å²) < 4.78 is 38.2. The highest BCUT2D eigenvalue weighted by Gasteiger charge is 2.33. The molecule has 1 unspecified atom stereocenters. The largest absolute Gasteiger partial charge is 0.468 e. The molecule has 0 aromatic heterocycles. The summed E-state index contributed by atoms with van der Waals surface area (Å²) in [7, 11) is -3.14. The highest BCUT2D eigenvalue weighted by atomic mass is 32.2. The molecule has 0 radical (unpaired) electrons. The average Bonchev–Trinajstić information content (AvgIpc) is 3.43. The van der Waals surface area contributed by atoms with Gasteiger partial charge in [-0.15, -0.1) is 11.8 Å². The lowest BCUT2D eigenvalue weighted by atomic mass is 9.97. The Kier molecular flexibility index (Phi) is 9.39. The van der Waals surface area contributed by atoms with Crippen molar-refractivity contribution in [1.29, 1.82) is 0 Å². The number of carbonyl (C=O) groups is 2. The molecular weight excluding hydrogens is 538 g/mol. The molecule has 0 saturated carbocycles. The lowest BCUT2D eigenvalue weighted by Gasteiger charge is -2.22. The van der Waals surface area contributed by atoms with Gasteiger partial charge >= 0.3 is 16.3 Å². The summed E-state index contributed by atoms with van der Waals surface area (Å²) in [5, 5.41) is 3.76. The van der Waals surface area contributed by atoms with Gasteiger partial charge in [-0.1, -0.05) is 72.8 Å². The molecule has 0 bridgehead atoms. The SMILES string of the molecule is COC(=O)[C@@H](Cc1ccccc1)C(=O)N[C@@H](Cc1ccc(NS(=O)(=O)O)cc1)C1=NC(c2ccccc2)CS1. The summed E-state index contributed by atoms with van der Waals surface area (Å²) in [6.45, 7) is 0. The number of esters is 1. The molecule has 0 saturated heterocycles. The second-order valence-corrected chi connectivity index (χ2v) is 11.2. The van der Waals surface area contributed by atoms with E-state index >= 15 is 0 Å². The summed E-state index contributed by atoms with van der Waals surface area (Å²) >= 11 is 1.55. The standard InChI is InChI=1S/C28H29N3O6S2/c1-37-28(33)23(16-19-8-4-2-5-9-19)26(32)29-24(17-20-12-14-22(15-13-20)31-39(34,35)36)27-30-25(18-38-27)21-10-6-3-7-11-21/h2-15,23-25,31H,16-18H2,1H3,(H,29,32)(H,34,35,36)/t23-,24-,25?/m0/s1. The second kappa shape index (κ2) is 12.9. The molecule has 0 spiro atoms. The van der Waals surface area contributed by atoms with Crippen LogP contribution < -0.4 is 10.0 Å². The minimum Gasteiger partial charge on any atom is -0.468 e.